The van der Waals surface area contributed by atoms with Gasteiger partial charge in [0.05, 0.1) is 5.02 Å². The Bertz CT molecular complexity index is 627. The van der Waals surface area contributed by atoms with E-state index >= 15 is 0 Å². The van der Waals surface area contributed by atoms with Crippen LogP contribution in [-0.2, 0) is 11.8 Å². The van der Waals surface area contributed by atoms with Gasteiger partial charge < -0.3 is 0 Å². The van der Waals surface area contributed by atoms with Gasteiger partial charge in [-0.05, 0) is 29.7 Å². The highest BCUT2D eigenvalue weighted by atomic mass is 79.9. The summed E-state index contributed by atoms with van der Waals surface area (Å²) in [6.45, 7) is 0. The number of benzene rings is 2. The van der Waals surface area contributed by atoms with Crippen LogP contribution in [0.5, 0.6) is 0 Å². The summed E-state index contributed by atoms with van der Waals surface area (Å²) in [4.78, 5) is 0. The molecular weight excluding hydrogens is 442 g/mol. The molecule has 2 aromatic carbocycles. The minimum Gasteiger partial charge on any atom is -0.205 e. The Balaban J connectivity index is 2.49. The fourth-order valence-electron chi connectivity index (χ4n) is 2.31. The number of hydrogen-bond donors (Lipinski definition) is 0. The first-order chi connectivity index (χ1) is 10.0. The first kappa shape index (κ1) is 17.3. The first-order valence-electron chi connectivity index (χ1n) is 6.34. The van der Waals surface area contributed by atoms with Crippen molar-refractivity contribution in [2.24, 2.45) is 0 Å². The molecule has 0 aliphatic rings. The second kappa shape index (κ2) is 7.45. The topological polar surface area (TPSA) is 0 Å². The summed E-state index contributed by atoms with van der Waals surface area (Å²) in [5.41, 5.74) is 1.23. The van der Waals surface area contributed by atoms with Crippen molar-refractivity contribution in [3.63, 3.8) is 0 Å². The van der Waals surface area contributed by atoms with E-state index in [1.807, 2.05) is 24.3 Å². The van der Waals surface area contributed by atoms with Gasteiger partial charge in [0.1, 0.15) is 5.82 Å². The molecule has 0 unspecified atom stereocenters. The lowest BCUT2D eigenvalue weighted by atomic mass is 9.79. The lowest BCUT2D eigenvalue weighted by Gasteiger charge is -2.32. The van der Waals surface area contributed by atoms with Crippen molar-refractivity contribution in [1.29, 1.82) is 0 Å². The monoisotopic (exact) mass is 452 g/mol. The smallest absolute Gasteiger partial charge is 0.145 e. The van der Waals surface area contributed by atoms with Crippen LogP contribution in [0.25, 0.3) is 0 Å². The predicted octanol–water partition coefficient (Wildman–Crippen LogP) is 6.40. The molecule has 0 bridgehead atoms. The van der Waals surface area contributed by atoms with Crippen molar-refractivity contribution in [3.8, 4) is 0 Å². The van der Waals surface area contributed by atoms with Gasteiger partial charge in [-0.2, -0.15) is 0 Å². The Hall–Kier alpha value is -0.0900. The van der Waals surface area contributed by atoms with Gasteiger partial charge in [-0.3, -0.25) is 0 Å². The number of halogens is 5. The van der Waals surface area contributed by atoms with Crippen LogP contribution in [0.15, 0.2) is 42.5 Å². The molecule has 2 aromatic rings. The lowest BCUT2D eigenvalue weighted by molar-refractivity contribution is 0.523. The van der Waals surface area contributed by atoms with Gasteiger partial charge in [0.15, 0.2) is 0 Å². The van der Waals surface area contributed by atoms with Crippen molar-refractivity contribution in [3.05, 3.63) is 69.5 Å². The Morgan fingerprint density at radius 2 is 1.52 bits per heavy atom. The van der Waals surface area contributed by atoms with Crippen molar-refractivity contribution < 1.29 is 4.39 Å². The van der Waals surface area contributed by atoms with Crippen LogP contribution < -0.4 is 0 Å². The van der Waals surface area contributed by atoms with Crippen LogP contribution in [0.1, 0.15) is 11.1 Å². The highest BCUT2D eigenvalue weighted by Gasteiger charge is 2.33. The summed E-state index contributed by atoms with van der Waals surface area (Å²) in [6, 6.07) is 12.7. The molecule has 0 atom stereocenters. The second-order valence-electron chi connectivity index (χ2n) is 4.92. The molecule has 2 rings (SSSR count). The predicted molar refractivity (Wildman–Crippen MR) is 95.8 cm³/mol. The molecule has 112 valence electrons. The van der Waals surface area contributed by atoms with E-state index in [0.29, 0.717) is 27.7 Å². The molecule has 5 heteroatoms. The van der Waals surface area contributed by atoms with E-state index in [1.165, 1.54) is 0 Å². The molecule has 0 saturated heterocycles. The molecule has 0 aliphatic heterocycles. The Morgan fingerprint density at radius 3 is 2.14 bits per heavy atom. The van der Waals surface area contributed by atoms with Gasteiger partial charge in [-0.1, -0.05) is 85.4 Å². The Morgan fingerprint density at radius 1 is 0.905 bits per heavy atom. The highest BCUT2D eigenvalue weighted by Crippen LogP contribution is 2.37. The molecule has 0 nitrogen and oxygen atoms in total. The van der Waals surface area contributed by atoms with Crippen LogP contribution in [0, 0.1) is 5.82 Å². The van der Waals surface area contributed by atoms with E-state index in [-0.39, 0.29) is 16.3 Å². The zero-order chi connectivity index (χ0) is 15.5. The molecule has 0 aromatic heterocycles. The zero-order valence-electron chi connectivity index (χ0n) is 11.1. The Labute approximate surface area is 150 Å². The average Bonchev–Trinajstić information content (AvgIpc) is 2.50. The van der Waals surface area contributed by atoms with Gasteiger partial charge in [0.25, 0.3) is 0 Å². The minimum atomic E-state index is -0.363. The third kappa shape index (κ3) is 3.64. The summed E-state index contributed by atoms with van der Waals surface area (Å²) in [7, 11) is 0. The zero-order valence-corrected chi connectivity index (χ0v) is 15.7. The lowest BCUT2D eigenvalue weighted by Crippen LogP contribution is -2.33. The van der Waals surface area contributed by atoms with Crippen molar-refractivity contribution in [2.75, 3.05) is 10.7 Å². The third-order valence-electron chi connectivity index (χ3n) is 3.52. The molecule has 0 N–H and O–H groups in total. The number of alkyl halides is 2. The number of hydrogen-bond acceptors (Lipinski definition) is 0. The summed E-state index contributed by atoms with van der Waals surface area (Å²) < 4.78 is 14.2. The Kier molecular flexibility index (Phi) is 6.13. The summed E-state index contributed by atoms with van der Waals surface area (Å²) in [5, 5.41) is 2.13. The van der Waals surface area contributed by atoms with E-state index in [1.54, 1.807) is 18.2 Å². The van der Waals surface area contributed by atoms with Gasteiger partial charge in [-0.25, -0.2) is 4.39 Å². The van der Waals surface area contributed by atoms with Crippen molar-refractivity contribution in [1.82, 2.24) is 0 Å². The van der Waals surface area contributed by atoms with E-state index in [0.717, 1.165) is 5.56 Å². The maximum absolute atomic E-state index is 14.2. The first-order valence-corrected chi connectivity index (χ1v) is 9.34. The maximum Gasteiger partial charge on any atom is 0.145 e. The van der Waals surface area contributed by atoms with Crippen LogP contribution in [0.2, 0.25) is 10.0 Å². The molecule has 0 saturated carbocycles. The highest BCUT2D eigenvalue weighted by molar-refractivity contribution is 9.09. The second-order valence-corrected chi connectivity index (χ2v) is 6.85. The minimum absolute atomic E-state index is 0.143. The molecule has 0 radical (unpaired) electrons. The maximum atomic E-state index is 14.2. The van der Waals surface area contributed by atoms with E-state index in [9.17, 15) is 4.39 Å². The van der Waals surface area contributed by atoms with Gasteiger partial charge >= 0.3 is 0 Å². The van der Waals surface area contributed by atoms with Gasteiger partial charge in [0.2, 0.25) is 0 Å². The van der Waals surface area contributed by atoms with E-state index in [2.05, 4.69) is 31.9 Å². The quantitative estimate of drug-likeness (QED) is 0.458. The number of rotatable bonds is 5. The fourth-order valence-corrected chi connectivity index (χ4v) is 4.77. The third-order valence-corrected chi connectivity index (χ3v) is 6.29. The molecule has 0 spiro atoms. The normalized spacial score (nSPS) is 11.7. The SMILES string of the molecule is Fc1c(Cl)cccc1CC(CBr)(CBr)c1ccccc1Cl. The summed E-state index contributed by atoms with van der Waals surface area (Å²) in [6.07, 6.45) is 0.500. The average molecular weight is 455 g/mol. The van der Waals surface area contributed by atoms with Gasteiger partial charge in [0, 0.05) is 21.1 Å². The van der Waals surface area contributed by atoms with E-state index < -0.39 is 0 Å². The molecule has 0 aliphatic carbocycles. The summed E-state index contributed by atoms with van der Waals surface area (Å²) >= 11 is 19.3. The van der Waals surface area contributed by atoms with E-state index in [4.69, 9.17) is 23.2 Å². The molecule has 21 heavy (non-hydrogen) atoms. The molecular formula is C16H13Br2Cl2F. The summed E-state index contributed by atoms with van der Waals surface area (Å²) in [5.74, 6) is -0.363. The van der Waals surface area contributed by atoms with Crippen LogP contribution in [-0.4, -0.2) is 10.7 Å². The standard InChI is InChI=1S/C16H13Br2Cl2F/c17-9-16(10-18,12-5-1-2-6-13(12)19)8-11-4-3-7-14(20)15(11)21/h1-7H,8-10H2. The molecule has 0 heterocycles. The van der Waals surface area contributed by atoms with Gasteiger partial charge in [-0.15, -0.1) is 0 Å². The van der Waals surface area contributed by atoms with Crippen molar-refractivity contribution >= 4 is 55.1 Å². The van der Waals surface area contributed by atoms with Crippen LogP contribution >= 0.6 is 55.1 Å². The van der Waals surface area contributed by atoms with Crippen LogP contribution in [0.4, 0.5) is 4.39 Å². The van der Waals surface area contributed by atoms with Crippen molar-refractivity contribution in [2.45, 2.75) is 11.8 Å². The molecule has 0 fully saturated rings. The fraction of sp³-hybridized carbons (Fsp3) is 0.250. The molecule has 0 amide bonds. The largest absolute Gasteiger partial charge is 0.205 e. The van der Waals surface area contributed by atoms with Crippen LogP contribution in [0.3, 0.4) is 0 Å².